The quantitative estimate of drug-likeness (QED) is 0.865. The second kappa shape index (κ2) is 6.48. The van der Waals surface area contributed by atoms with E-state index in [1.54, 1.807) is 22.9 Å². The van der Waals surface area contributed by atoms with E-state index in [4.69, 9.17) is 0 Å². The van der Waals surface area contributed by atoms with Crippen LogP contribution in [0.25, 0.3) is 0 Å². The summed E-state index contributed by atoms with van der Waals surface area (Å²) in [7, 11) is 1.74. The van der Waals surface area contributed by atoms with Crippen molar-refractivity contribution in [2.24, 2.45) is 0 Å². The molecule has 1 heterocycles. The lowest BCUT2D eigenvalue weighted by Crippen LogP contribution is -2.48. The van der Waals surface area contributed by atoms with Gasteiger partial charge in [-0.25, -0.2) is 0 Å². The summed E-state index contributed by atoms with van der Waals surface area (Å²) in [5.41, 5.74) is 2.28. The first kappa shape index (κ1) is 16.2. The van der Waals surface area contributed by atoms with E-state index in [9.17, 15) is 9.59 Å². The van der Waals surface area contributed by atoms with Gasteiger partial charge < -0.3 is 9.80 Å². The van der Waals surface area contributed by atoms with E-state index in [0.29, 0.717) is 17.7 Å². The Hall–Kier alpha value is -2.62. The lowest BCUT2D eigenvalue weighted by Gasteiger charge is -2.34. The van der Waals surface area contributed by atoms with E-state index in [1.165, 1.54) is 0 Å². The fourth-order valence-electron chi connectivity index (χ4n) is 3.40. The van der Waals surface area contributed by atoms with Gasteiger partial charge in [0.25, 0.3) is 5.91 Å². The van der Waals surface area contributed by atoms with Gasteiger partial charge >= 0.3 is 0 Å². The average Bonchev–Trinajstić information content (AvgIpc) is 2.71. The van der Waals surface area contributed by atoms with E-state index >= 15 is 0 Å². The maximum Gasteiger partial charge on any atom is 0.257 e. The zero-order valence-electron chi connectivity index (χ0n) is 14.3. The molecule has 2 amide bonds. The zero-order chi connectivity index (χ0) is 17.3. The molecule has 0 radical (unpaired) electrons. The summed E-state index contributed by atoms with van der Waals surface area (Å²) < 4.78 is 0. The van der Waals surface area contributed by atoms with Crippen molar-refractivity contribution in [1.82, 2.24) is 4.90 Å². The smallest absolute Gasteiger partial charge is 0.257 e. The number of anilines is 1. The van der Waals surface area contributed by atoms with Crippen molar-refractivity contribution in [3.8, 4) is 0 Å². The molecule has 0 saturated heterocycles. The first-order valence-electron chi connectivity index (χ1n) is 8.30. The van der Waals surface area contributed by atoms with E-state index < -0.39 is 6.04 Å². The Morgan fingerprint density at radius 1 is 1.00 bits per heavy atom. The Morgan fingerprint density at radius 2 is 1.62 bits per heavy atom. The molecule has 4 nitrogen and oxygen atoms in total. The minimum Gasteiger partial charge on any atom is -0.320 e. The molecule has 0 bridgehead atoms. The van der Waals surface area contributed by atoms with Crippen molar-refractivity contribution >= 4 is 17.5 Å². The second-order valence-electron chi connectivity index (χ2n) is 6.14. The number of carbonyl (C=O) groups excluding carboxylic acids is 2. The molecule has 24 heavy (non-hydrogen) atoms. The summed E-state index contributed by atoms with van der Waals surface area (Å²) in [6.45, 7) is 3.93. The fraction of sp³-hybridized carbons (Fsp3) is 0.300. The SMILES string of the molecule is CC[C@@H]1C(=O)N(C)c2ccccc2C(=O)N1[C@@H](C)c1ccccc1. The Labute approximate surface area is 142 Å². The number of hydrogen-bond donors (Lipinski definition) is 0. The van der Waals surface area contributed by atoms with Gasteiger partial charge in [-0.15, -0.1) is 0 Å². The van der Waals surface area contributed by atoms with Gasteiger partial charge in [-0.1, -0.05) is 49.4 Å². The molecule has 0 aliphatic carbocycles. The van der Waals surface area contributed by atoms with Gasteiger partial charge in [0, 0.05) is 7.05 Å². The molecule has 0 saturated carbocycles. The lowest BCUT2D eigenvalue weighted by molar-refractivity contribution is -0.123. The van der Waals surface area contributed by atoms with Crippen molar-refractivity contribution in [2.75, 3.05) is 11.9 Å². The minimum atomic E-state index is -0.467. The summed E-state index contributed by atoms with van der Waals surface area (Å²) in [6, 6.07) is 16.5. The van der Waals surface area contributed by atoms with Crippen molar-refractivity contribution in [2.45, 2.75) is 32.4 Å². The van der Waals surface area contributed by atoms with Crippen LogP contribution in [0.15, 0.2) is 54.6 Å². The molecular formula is C20H22N2O2. The standard InChI is InChI=1S/C20H22N2O2/c1-4-17-20(24)21(3)18-13-9-8-12-16(18)19(23)22(17)14(2)15-10-6-5-7-11-15/h5-14,17H,4H2,1-3H3/t14-,17+/m0/s1. The van der Waals surface area contributed by atoms with Gasteiger partial charge in [0.15, 0.2) is 0 Å². The highest BCUT2D eigenvalue weighted by Gasteiger charge is 2.39. The summed E-state index contributed by atoms with van der Waals surface area (Å²) in [4.78, 5) is 29.6. The first-order chi connectivity index (χ1) is 11.6. The van der Waals surface area contributed by atoms with Crippen molar-refractivity contribution in [3.63, 3.8) is 0 Å². The number of likely N-dealkylation sites (N-methyl/N-ethyl adjacent to an activating group) is 1. The third-order valence-electron chi connectivity index (χ3n) is 4.77. The van der Waals surface area contributed by atoms with Crippen LogP contribution in [0.5, 0.6) is 0 Å². The molecule has 2 atom stereocenters. The van der Waals surface area contributed by atoms with Crippen LogP contribution in [-0.2, 0) is 4.79 Å². The van der Waals surface area contributed by atoms with Gasteiger partial charge in [0.1, 0.15) is 6.04 Å². The monoisotopic (exact) mass is 322 g/mol. The summed E-state index contributed by atoms with van der Waals surface area (Å²) in [5.74, 6) is -0.134. The van der Waals surface area contributed by atoms with Crippen LogP contribution in [0.3, 0.4) is 0 Å². The third-order valence-corrected chi connectivity index (χ3v) is 4.77. The predicted molar refractivity (Wildman–Crippen MR) is 95.0 cm³/mol. The number of rotatable bonds is 3. The molecule has 1 aliphatic rings. The first-order valence-corrected chi connectivity index (χ1v) is 8.30. The molecule has 4 heteroatoms. The molecule has 2 aromatic rings. The van der Waals surface area contributed by atoms with Gasteiger partial charge in [-0.3, -0.25) is 9.59 Å². The van der Waals surface area contributed by atoms with Crippen molar-refractivity contribution in [3.05, 3.63) is 65.7 Å². The highest BCUT2D eigenvalue weighted by Crippen LogP contribution is 2.33. The summed E-state index contributed by atoms with van der Waals surface area (Å²) in [5, 5.41) is 0. The Bertz CT molecular complexity index is 757. The second-order valence-corrected chi connectivity index (χ2v) is 6.14. The van der Waals surface area contributed by atoms with Gasteiger partial charge in [-0.2, -0.15) is 0 Å². The van der Waals surface area contributed by atoms with Crippen LogP contribution < -0.4 is 4.90 Å². The number of fused-ring (bicyclic) bond motifs is 1. The third kappa shape index (κ3) is 2.58. The molecular weight excluding hydrogens is 300 g/mol. The number of para-hydroxylation sites is 1. The Morgan fingerprint density at radius 3 is 2.29 bits per heavy atom. The normalized spacial score (nSPS) is 19.0. The molecule has 124 valence electrons. The fourth-order valence-corrected chi connectivity index (χ4v) is 3.40. The van der Waals surface area contributed by atoms with Crippen LogP contribution in [0.1, 0.15) is 42.2 Å². The Kier molecular flexibility index (Phi) is 4.38. The Balaban J connectivity index is 2.13. The zero-order valence-corrected chi connectivity index (χ0v) is 14.3. The van der Waals surface area contributed by atoms with Gasteiger partial charge in [0.05, 0.1) is 17.3 Å². The maximum absolute atomic E-state index is 13.3. The van der Waals surface area contributed by atoms with Gasteiger partial charge in [0.2, 0.25) is 5.91 Å². The van der Waals surface area contributed by atoms with E-state index in [1.807, 2.05) is 62.4 Å². The van der Waals surface area contributed by atoms with Crippen LogP contribution in [-0.4, -0.2) is 29.8 Å². The molecule has 0 unspecified atom stereocenters. The molecule has 2 aromatic carbocycles. The highest BCUT2D eigenvalue weighted by atomic mass is 16.2. The number of hydrogen-bond acceptors (Lipinski definition) is 2. The molecule has 0 N–H and O–H groups in total. The minimum absolute atomic E-state index is 0.0430. The number of benzene rings is 2. The largest absolute Gasteiger partial charge is 0.320 e. The average molecular weight is 322 g/mol. The predicted octanol–water partition coefficient (Wildman–Crippen LogP) is 3.65. The number of nitrogens with zero attached hydrogens (tertiary/aromatic N) is 2. The lowest BCUT2D eigenvalue weighted by atomic mass is 10.0. The van der Waals surface area contributed by atoms with Gasteiger partial charge in [-0.05, 0) is 31.0 Å². The molecule has 0 spiro atoms. The van der Waals surface area contributed by atoms with Crippen LogP contribution >= 0.6 is 0 Å². The molecule has 0 aromatic heterocycles. The van der Waals surface area contributed by atoms with Crippen LogP contribution in [0.2, 0.25) is 0 Å². The highest BCUT2D eigenvalue weighted by molar-refractivity contribution is 6.10. The summed E-state index contributed by atoms with van der Waals surface area (Å²) in [6.07, 6.45) is 0.583. The molecule has 3 rings (SSSR count). The topological polar surface area (TPSA) is 40.6 Å². The number of amides is 2. The van der Waals surface area contributed by atoms with E-state index in [2.05, 4.69) is 0 Å². The van der Waals surface area contributed by atoms with Crippen molar-refractivity contribution < 1.29 is 9.59 Å². The van der Waals surface area contributed by atoms with Crippen LogP contribution in [0.4, 0.5) is 5.69 Å². The maximum atomic E-state index is 13.3. The molecule has 0 fully saturated rings. The number of carbonyl (C=O) groups is 2. The molecule has 1 aliphatic heterocycles. The summed E-state index contributed by atoms with van der Waals surface area (Å²) >= 11 is 0. The van der Waals surface area contributed by atoms with Crippen molar-refractivity contribution in [1.29, 1.82) is 0 Å². The van der Waals surface area contributed by atoms with E-state index in [-0.39, 0.29) is 17.9 Å². The van der Waals surface area contributed by atoms with E-state index in [0.717, 1.165) is 5.56 Å². The van der Waals surface area contributed by atoms with Crippen LogP contribution in [0, 0.1) is 0 Å².